The SMILES string of the molecule is C[C@H](NC(=O)[C@@H]1CCCc2cccnc21)c1nnnn1C. The Balaban J connectivity index is 1.76. The Hall–Kier alpha value is -2.31. The highest BCUT2D eigenvalue weighted by atomic mass is 16.2. The number of aromatic nitrogens is 5. The van der Waals surface area contributed by atoms with Gasteiger partial charge in [-0.15, -0.1) is 5.10 Å². The normalized spacial score (nSPS) is 18.9. The number of hydrogen-bond donors (Lipinski definition) is 1. The number of rotatable bonds is 3. The van der Waals surface area contributed by atoms with E-state index in [1.807, 2.05) is 13.0 Å². The van der Waals surface area contributed by atoms with Crippen LogP contribution in [0.4, 0.5) is 0 Å². The minimum atomic E-state index is -0.230. The van der Waals surface area contributed by atoms with E-state index in [2.05, 4.69) is 31.9 Å². The van der Waals surface area contributed by atoms with Crippen molar-refractivity contribution >= 4 is 5.91 Å². The molecule has 1 N–H and O–H groups in total. The fourth-order valence-corrected chi connectivity index (χ4v) is 2.85. The second-order valence-corrected chi connectivity index (χ2v) is 5.38. The number of fused-ring (bicyclic) bond motifs is 1. The van der Waals surface area contributed by atoms with Gasteiger partial charge in [-0.3, -0.25) is 9.78 Å². The van der Waals surface area contributed by atoms with Gasteiger partial charge in [0.25, 0.3) is 0 Å². The van der Waals surface area contributed by atoms with Crippen molar-refractivity contribution in [2.24, 2.45) is 7.05 Å². The maximum Gasteiger partial charge on any atom is 0.229 e. The van der Waals surface area contributed by atoms with Gasteiger partial charge in [-0.25, -0.2) is 4.68 Å². The summed E-state index contributed by atoms with van der Waals surface area (Å²) in [5.74, 6) is 0.448. The number of carbonyl (C=O) groups excluding carboxylic acids is 1. The predicted molar refractivity (Wildman–Crippen MR) is 75.3 cm³/mol. The Labute approximate surface area is 122 Å². The zero-order chi connectivity index (χ0) is 14.8. The summed E-state index contributed by atoms with van der Waals surface area (Å²) >= 11 is 0. The molecule has 1 aliphatic rings. The highest BCUT2D eigenvalue weighted by Crippen LogP contribution is 2.30. The fraction of sp³-hybridized carbons (Fsp3) is 0.500. The van der Waals surface area contributed by atoms with E-state index >= 15 is 0 Å². The van der Waals surface area contributed by atoms with Crippen LogP contribution in [0.5, 0.6) is 0 Å². The Morgan fingerprint density at radius 2 is 2.38 bits per heavy atom. The number of carbonyl (C=O) groups is 1. The molecule has 1 amide bonds. The number of nitrogens with one attached hydrogen (secondary N) is 1. The monoisotopic (exact) mass is 286 g/mol. The average Bonchev–Trinajstić information content (AvgIpc) is 2.92. The Morgan fingerprint density at radius 1 is 1.52 bits per heavy atom. The first kappa shape index (κ1) is 13.7. The molecule has 7 heteroatoms. The summed E-state index contributed by atoms with van der Waals surface area (Å²) in [5.41, 5.74) is 2.08. The van der Waals surface area contributed by atoms with Crippen molar-refractivity contribution in [3.05, 3.63) is 35.4 Å². The number of tetrazole rings is 1. The standard InChI is InChI=1S/C14H18N6O/c1-9(13-17-18-19-20(13)2)16-14(21)11-7-3-5-10-6-4-8-15-12(10)11/h4,6,8-9,11H,3,5,7H2,1-2H3,(H,16,21)/t9-,11+/m0/s1. The minimum Gasteiger partial charge on any atom is -0.346 e. The maximum absolute atomic E-state index is 12.5. The third-order valence-corrected chi connectivity index (χ3v) is 3.91. The van der Waals surface area contributed by atoms with E-state index in [-0.39, 0.29) is 17.9 Å². The summed E-state index contributed by atoms with van der Waals surface area (Å²) in [6.07, 6.45) is 4.59. The summed E-state index contributed by atoms with van der Waals surface area (Å²) in [6, 6.07) is 3.75. The van der Waals surface area contributed by atoms with Crippen LogP contribution in [0.1, 0.15) is 48.8 Å². The van der Waals surface area contributed by atoms with Gasteiger partial charge < -0.3 is 5.32 Å². The van der Waals surface area contributed by atoms with Gasteiger partial charge in [-0.2, -0.15) is 0 Å². The molecule has 3 rings (SSSR count). The first-order chi connectivity index (χ1) is 10.2. The second-order valence-electron chi connectivity index (χ2n) is 5.38. The number of aryl methyl sites for hydroxylation is 2. The summed E-state index contributed by atoms with van der Waals surface area (Å²) < 4.78 is 1.57. The zero-order valence-corrected chi connectivity index (χ0v) is 12.2. The molecule has 0 spiro atoms. The molecule has 2 atom stereocenters. The van der Waals surface area contributed by atoms with Crippen LogP contribution in [0.2, 0.25) is 0 Å². The molecule has 21 heavy (non-hydrogen) atoms. The van der Waals surface area contributed by atoms with Crippen molar-refractivity contribution in [3.63, 3.8) is 0 Å². The molecule has 7 nitrogen and oxygen atoms in total. The molecule has 0 saturated heterocycles. The molecule has 110 valence electrons. The molecular weight excluding hydrogens is 268 g/mol. The van der Waals surface area contributed by atoms with Gasteiger partial charge in [0.2, 0.25) is 5.91 Å². The lowest BCUT2D eigenvalue weighted by Gasteiger charge is -2.24. The smallest absolute Gasteiger partial charge is 0.229 e. The van der Waals surface area contributed by atoms with Gasteiger partial charge in [-0.05, 0) is 48.2 Å². The number of pyridine rings is 1. The lowest BCUT2D eigenvalue weighted by Crippen LogP contribution is -2.34. The molecule has 0 fully saturated rings. The predicted octanol–water partition coefficient (Wildman–Crippen LogP) is 0.902. The van der Waals surface area contributed by atoms with E-state index in [1.54, 1.807) is 17.9 Å². The van der Waals surface area contributed by atoms with Gasteiger partial charge >= 0.3 is 0 Å². The van der Waals surface area contributed by atoms with Crippen molar-refractivity contribution in [3.8, 4) is 0 Å². The maximum atomic E-state index is 12.5. The van der Waals surface area contributed by atoms with Crippen molar-refractivity contribution in [1.29, 1.82) is 0 Å². The molecule has 0 radical (unpaired) electrons. The molecule has 0 bridgehead atoms. The molecule has 0 aromatic carbocycles. The van der Waals surface area contributed by atoms with Gasteiger partial charge in [0.1, 0.15) is 0 Å². The molecule has 0 unspecified atom stereocenters. The van der Waals surface area contributed by atoms with E-state index < -0.39 is 0 Å². The van der Waals surface area contributed by atoms with E-state index in [1.165, 1.54) is 5.56 Å². The van der Waals surface area contributed by atoms with Crippen LogP contribution < -0.4 is 5.32 Å². The molecule has 0 aliphatic heterocycles. The first-order valence-corrected chi connectivity index (χ1v) is 7.13. The summed E-state index contributed by atoms with van der Waals surface area (Å²) in [5, 5.41) is 14.3. The van der Waals surface area contributed by atoms with Crippen molar-refractivity contribution in [1.82, 2.24) is 30.5 Å². The van der Waals surface area contributed by atoms with Gasteiger partial charge in [0, 0.05) is 13.2 Å². The topological polar surface area (TPSA) is 85.6 Å². The van der Waals surface area contributed by atoms with Crippen molar-refractivity contribution in [2.45, 2.75) is 38.1 Å². The van der Waals surface area contributed by atoms with Gasteiger partial charge in [0.15, 0.2) is 5.82 Å². The molecular formula is C14H18N6O. The van der Waals surface area contributed by atoms with Crippen LogP contribution in [-0.4, -0.2) is 31.1 Å². The van der Waals surface area contributed by atoms with E-state index in [0.717, 1.165) is 25.0 Å². The molecule has 2 aromatic rings. The van der Waals surface area contributed by atoms with Crippen LogP contribution >= 0.6 is 0 Å². The first-order valence-electron chi connectivity index (χ1n) is 7.13. The van der Waals surface area contributed by atoms with E-state index in [4.69, 9.17) is 0 Å². The molecule has 2 aromatic heterocycles. The lowest BCUT2D eigenvalue weighted by atomic mass is 9.86. The van der Waals surface area contributed by atoms with Gasteiger partial charge in [-0.1, -0.05) is 6.07 Å². The second kappa shape index (κ2) is 5.59. The third kappa shape index (κ3) is 2.63. The largest absolute Gasteiger partial charge is 0.346 e. The summed E-state index contributed by atoms with van der Waals surface area (Å²) in [4.78, 5) is 17.0. The van der Waals surface area contributed by atoms with E-state index in [0.29, 0.717) is 5.82 Å². The molecule has 2 heterocycles. The quantitative estimate of drug-likeness (QED) is 0.906. The molecule has 1 aliphatic carbocycles. The van der Waals surface area contributed by atoms with Gasteiger partial charge in [0.05, 0.1) is 17.7 Å². The highest BCUT2D eigenvalue weighted by Gasteiger charge is 2.29. The minimum absolute atomic E-state index is 0.00912. The van der Waals surface area contributed by atoms with Crippen molar-refractivity contribution in [2.75, 3.05) is 0 Å². The number of nitrogens with zero attached hydrogens (tertiary/aromatic N) is 5. The van der Waals surface area contributed by atoms with Crippen LogP contribution in [0, 0.1) is 0 Å². The fourth-order valence-electron chi connectivity index (χ4n) is 2.85. The Kier molecular flexibility index (Phi) is 3.64. The van der Waals surface area contributed by atoms with Crippen LogP contribution in [0.25, 0.3) is 0 Å². The van der Waals surface area contributed by atoms with Crippen LogP contribution in [0.3, 0.4) is 0 Å². The highest BCUT2D eigenvalue weighted by molar-refractivity contribution is 5.84. The van der Waals surface area contributed by atoms with Crippen LogP contribution in [-0.2, 0) is 18.3 Å². The summed E-state index contributed by atoms with van der Waals surface area (Å²) in [6.45, 7) is 1.88. The third-order valence-electron chi connectivity index (χ3n) is 3.91. The molecule has 0 saturated carbocycles. The van der Waals surface area contributed by atoms with E-state index in [9.17, 15) is 4.79 Å². The summed E-state index contributed by atoms with van der Waals surface area (Å²) in [7, 11) is 1.76. The van der Waals surface area contributed by atoms with Crippen LogP contribution in [0.15, 0.2) is 18.3 Å². The Morgan fingerprint density at radius 3 is 3.14 bits per heavy atom. The van der Waals surface area contributed by atoms with Crippen molar-refractivity contribution < 1.29 is 4.79 Å². The lowest BCUT2D eigenvalue weighted by molar-refractivity contribution is -0.123. The number of amides is 1. The zero-order valence-electron chi connectivity index (χ0n) is 12.2. The average molecular weight is 286 g/mol. The number of hydrogen-bond acceptors (Lipinski definition) is 5. The Bertz CT molecular complexity index is 652.